The fourth-order valence-corrected chi connectivity index (χ4v) is 4.03. The summed E-state index contributed by atoms with van der Waals surface area (Å²) in [6.07, 6.45) is 1.18. The maximum absolute atomic E-state index is 13.1. The van der Waals surface area contributed by atoms with Gasteiger partial charge in [0.2, 0.25) is 11.8 Å². The van der Waals surface area contributed by atoms with E-state index in [-0.39, 0.29) is 12.5 Å². The second kappa shape index (κ2) is 7.29. The first-order valence-corrected chi connectivity index (χ1v) is 9.68. The lowest BCUT2D eigenvalue weighted by atomic mass is 9.92. The van der Waals surface area contributed by atoms with Crippen LogP contribution in [0.3, 0.4) is 0 Å². The van der Waals surface area contributed by atoms with E-state index in [1.807, 2.05) is 24.3 Å². The summed E-state index contributed by atoms with van der Waals surface area (Å²) in [5, 5.41) is 5.49. The third-order valence-corrected chi connectivity index (χ3v) is 5.73. The summed E-state index contributed by atoms with van der Waals surface area (Å²) in [5.74, 6) is -0.978. The number of carbonyl (C=O) groups excluding carboxylic acids is 4. The van der Waals surface area contributed by atoms with Gasteiger partial charge in [-0.3, -0.25) is 19.3 Å². The Morgan fingerprint density at radius 3 is 2.53 bits per heavy atom. The second-order valence-corrected chi connectivity index (χ2v) is 7.56. The molecule has 2 aromatic carbocycles. The van der Waals surface area contributed by atoms with E-state index in [2.05, 4.69) is 10.6 Å². The quantitative estimate of drug-likeness (QED) is 0.759. The van der Waals surface area contributed by atoms with E-state index < -0.39 is 23.4 Å². The molecule has 154 valence electrons. The molecule has 1 aliphatic heterocycles. The molecule has 0 saturated carbocycles. The van der Waals surface area contributed by atoms with Crippen molar-refractivity contribution >= 4 is 35.1 Å². The molecule has 1 atom stereocenters. The Labute approximate surface area is 173 Å². The summed E-state index contributed by atoms with van der Waals surface area (Å²) in [4.78, 5) is 52.0. The van der Waals surface area contributed by atoms with Gasteiger partial charge in [-0.15, -0.1) is 0 Å². The van der Waals surface area contributed by atoms with Crippen LogP contribution in [-0.2, 0) is 26.3 Å². The Hall–Kier alpha value is -3.68. The lowest BCUT2D eigenvalue weighted by Gasteiger charge is -2.22. The predicted molar refractivity (Wildman–Crippen MR) is 111 cm³/mol. The molecule has 1 fully saturated rings. The van der Waals surface area contributed by atoms with Gasteiger partial charge >= 0.3 is 6.03 Å². The average Bonchev–Trinajstić information content (AvgIpc) is 3.21. The zero-order valence-corrected chi connectivity index (χ0v) is 16.8. The fraction of sp³-hybridized carbons (Fsp3) is 0.273. The number of imide groups is 1. The SMILES string of the molecule is CC(=O)N(C)c1ccc(NC(=O)CN2C(=O)NC3(CCc4ccccc43)C2=O)cc1. The topological polar surface area (TPSA) is 98.8 Å². The molecular weight excluding hydrogens is 384 g/mol. The summed E-state index contributed by atoms with van der Waals surface area (Å²) < 4.78 is 0. The minimum atomic E-state index is -1.08. The minimum Gasteiger partial charge on any atom is -0.325 e. The van der Waals surface area contributed by atoms with E-state index in [0.717, 1.165) is 16.0 Å². The first-order valence-electron chi connectivity index (χ1n) is 9.68. The molecule has 8 nitrogen and oxygen atoms in total. The number of hydrogen-bond acceptors (Lipinski definition) is 4. The number of carbonyl (C=O) groups is 4. The van der Waals surface area contributed by atoms with Gasteiger partial charge in [-0.25, -0.2) is 4.79 Å². The smallest absolute Gasteiger partial charge is 0.325 e. The fourth-order valence-electron chi connectivity index (χ4n) is 4.03. The molecule has 0 radical (unpaired) electrons. The van der Waals surface area contributed by atoms with Crippen LogP contribution in [0, 0.1) is 0 Å². The van der Waals surface area contributed by atoms with Crippen molar-refractivity contribution in [3.05, 3.63) is 59.7 Å². The van der Waals surface area contributed by atoms with E-state index in [9.17, 15) is 19.2 Å². The van der Waals surface area contributed by atoms with Gasteiger partial charge in [-0.05, 0) is 48.2 Å². The highest BCUT2D eigenvalue weighted by molar-refractivity contribution is 6.11. The number of rotatable bonds is 4. The van der Waals surface area contributed by atoms with Gasteiger partial charge in [0.05, 0.1) is 0 Å². The van der Waals surface area contributed by atoms with Gasteiger partial charge in [0.1, 0.15) is 12.1 Å². The third kappa shape index (κ3) is 3.20. The molecule has 2 aromatic rings. The van der Waals surface area contributed by atoms with Gasteiger partial charge in [0.25, 0.3) is 5.91 Å². The number of anilines is 2. The zero-order valence-electron chi connectivity index (χ0n) is 16.8. The largest absolute Gasteiger partial charge is 0.325 e. The highest BCUT2D eigenvalue weighted by atomic mass is 16.2. The zero-order chi connectivity index (χ0) is 21.5. The van der Waals surface area contributed by atoms with Crippen molar-refractivity contribution in [2.75, 3.05) is 23.8 Å². The highest BCUT2D eigenvalue weighted by Gasteiger charge is 2.55. The molecule has 30 heavy (non-hydrogen) atoms. The van der Waals surface area contributed by atoms with Crippen LogP contribution in [-0.4, -0.2) is 42.2 Å². The highest BCUT2D eigenvalue weighted by Crippen LogP contribution is 2.41. The van der Waals surface area contributed by atoms with Gasteiger partial charge < -0.3 is 15.5 Å². The molecule has 1 aliphatic carbocycles. The number of nitrogens with zero attached hydrogens (tertiary/aromatic N) is 2. The molecule has 1 saturated heterocycles. The van der Waals surface area contributed by atoms with Crippen LogP contribution >= 0.6 is 0 Å². The van der Waals surface area contributed by atoms with E-state index in [1.54, 1.807) is 31.3 Å². The van der Waals surface area contributed by atoms with Crippen LogP contribution in [0.4, 0.5) is 16.2 Å². The molecule has 8 heteroatoms. The third-order valence-electron chi connectivity index (χ3n) is 5.73. The predicted octanol–water partition coefficient (Wildman–Crippen LogP) is 2.00. The molecule has 0 bridgehead atoms. The van der Waals surface area contributed by atoms with Crippen molar-refractivity contribution in [3.8, 4) is 0 Å². The van der Waals surface area contributed by atoms with Crippen LogP contribution < -0.4 is 15.5 Å². The summed E-state index contributed by atoms with van der Waals surface area (Å²) in [5.41, 5.74) is 1.96. The van der Waals surface area contributed by atoms with Gasteiger partial charge in [-0.2, -0.15) is 0 Å². The van der Waals surface area contributed by atoms with Crippen molar-refractivity contribution in [1.82, 2.24) is 10.2 Å². The van der Waals surface area contributed by atoms with Crippen molar-refractivity contribution in [2.24, 2.45) is 0 Å². The number of benzene rings is 2. The molecule has 1 spiro atoms. The molecule has 1 heterocycles. The number of fused-ring (bicyclic) bond motifs is 2. The average molecular weight is 406 g/mol. The Kier molecular flexibility index (Phi) is 4.77. The Morgan fingerprint density at radius 1 is 1.13 bits per heavy atom. The summed E-state index contributed by atoms with van der Waals surface area (Å²) in [6, 6.07) is 13.7. The number of hydrogen-bond donors (Lipinski definition) is 2. The molecule has 5 amide bonds. The monoisotopic (exact) mass is 406 g/mol. The lowest BCUT2D eigenvalue weighted by molar-refractivity contribution is -0.134. The minimum absolute atomic E-state index is 0.104. The van der Waals surface area contributed by atoms with Crippen LogP contribution in [0.5, 0.6) is 0 Å². The lowest BCUT2D eigenvalue weighted by Crippen LogP contribution is -2.43. The van der Waals surface area contributed by atoms with Crippen molar-refractivity contribution in [1.29, 1.82) is 0 Å². The number of amides is 5. The normalized spacial score (nSPS) is 19.6. The van der Waals surface area contributed by atoms with Gasteiger partial charge in [0.15, 0.2) is 0 Å². The van der Waals surface area contributed by atoms with Gasteiger partial charge in [0, 0.05) is 25.3 Å². The van der Waals surface area contributed by atoms with Crippen LogP contribution in [0.1, 0.15) is 24.5 Å². The van der Waals surface area contributed by atoms with Crippen molar-refractivity contribution < 1.29 is 19.2 Å². The number of aryl methyl sites for hydroxylation is 1. The number of nitrogens with one attached hydrogen (secondary N) is 2. The molecule has 2 N–H and O–H groups in total. The van der Waals surface area contributed by atoms with E-state index in [1.165, 1.54) is 11.8 Å². The summed E-state index contributed by atoms with van der Waals surface area (Å²) in [7, 11) is 1.66. The maximum Gasteiger partial charge on any atom is 0.325 e. The summed E-state index contributed by atoms with van der Waals surface area (Å²) in [6.45, 7) is 1.09. The molecule has 0 aromatic heterocycles. The maximum atomic E-state index is 13.1. The Balaban J connectivity index is 1.45. The molecular formula is C22H22N4O4. The van der Waals surface area contributed by atoms with Crippen LogP contribution in [0.2, 0.25) is 0 Å². The van der Waals surface area contributed by atoms with E-state index in [4.69, 9.17) is 0 Å². The van der Waals surface area contributed by atoms with Crippen LogP contribution in [0.25, 0.3) is 0 Å². The molecule has 1 unspecified atom stereocenters. The first-order chi connectivity index (χ1) is 14.3. The molecule has 2 aliphatic rings. The Morgan fingerprint density at radius 2 is 1.83 bits per heavy atom. The second-order valence-electron chi connectivity index (χ2n) is 7.56. The van der Waals surface area contributed by atoms with Crippen molar-refractivity contribution in [3.63, 3.8) is 0 Å². The van der Waals surface area contributed by atoms with E-state index in [0.29, 0.717) is 24.2 Å². The van der Waals surface area contributed by atoms with Crippen molar-refractivity contribution in [2.45, 2.75) is 25.3 Å². The first kappa shape index (κ1) is 19.6. The Bertz CT molecular complexity index is 1050. The molecule has 4 rings (SSSR count). The van der Waals surface area contributed by atoms with E-state index >= 15 is 0 Å². The standard InChI is InChI=1S/C22H22N4O4/c1-14(27)25(2)17-9-7-16(8-10-17)23-19(28)13-26-20(29)22(24-21(26)30)12-11-15-5-3-4-6-18(15)22/h3-10H,11-13H2,1-2H3,(H,23,28)(H,24,30). The van der Waals surface area contributed by atoms with Gasteiger partial charge in [-0.1, -0.05) is 24.3 Å². The van der Waals surface area contributed by atoms with Crippen LogP contribution in [0.15, 0.2) is 48.5 Å². The summed E-state index contributed by atoms with van der Waals surface area (Å²) >= 11 is 0. The number of urea groups is 1.